The van der Waals surface area contributed by atoms with Crippen molar-refractivity contribution in [2.24, 2.45) is 0 Å². The molecule has 3 rings (SSSR count). The highest BCUT2D eigenvalue weighted by molar-refractivity contribution is 7.89. The van der Waals surface area contributed by atoms with Gasteiger partial charge in [0.15, 0.2) is 0 Å². The number of carbonyl (C=O) groups is 2. The second kappa shape index (κ2) is 8.12. The summed E-state index contributed by atoms with van der Waals surface area (Å²) < 4.78 is 32.0. The number of para-hydroxylation sites is 1. The molecule has 2 aromatic carbocycles. The number of aryl methyl sites for hydroxylation is 1. The molecule has 0 unspecified atom stereocenters. The van der Waals surface area contributed by atoms with Gasteiger partial charge in [-0.1, -0.05) is 29.8 Å². The van der Waals surface area contributed by atoms with Gasteiger partial charge < -0.3 is 10.1 Å². The molecular weight excluding hydrogens is 380 g/mol. The third-order valence-corrected chi connectivity index (χ3v) is 6.65. The smallest absolute Gasteiger partial charge is 0.339 e. The van der Waals surface area contributed by atoms with Crippen LogP contribution in [-0.4, -0.2) is 44.3 Å². The van der Waals surface area contributed by atoms with Gasteiger partial charge in [-0.15, -0.1) is 0 Å². The molecule has 0 bridgehead atoms. The van der Waals surface area contributed by atoms with Gasteiger partial charge >= 0.3 is 5.97 Å². The monoisotopic (exact) mass is 402 g/mol. The Morgan fingerprint density at radius 2 is 1.79 bits per heavy atom. The number of methoxy groups -OCH3 is 1. The summed E-state index contributed by atoms with van der Waals surface area (Å²) in [4.78, 5) is 24.9. The minimum atomic E-state index is -3.79. The number of ether oxygens (including phenoxy) is 1. The second-order valence-electron chi connectivity index (χ2n) is 6.61. The van der Waals surface area contributed by atoms with E-state index in [9.17, 15) is 18.0 Å². The summed E-state index contributed by atoms with van der Waals surface area (Å²) in [5, 5.41) is 2.68. The molecule has 7 nitrogen and oxygen atoms in total. The van der Waals surface area contributed by atoms with Crippen molar-refractivity contribution >= 4 is 27.6 Å². The lowest BCUT2D eigenvalue weighted by atomic mass is 10.1. The Bertz CT molecular complexity index is 986. The maximum absolute atomic E-state index is 13.0. The van der Waals surface area contributed by atoms with Crippen LogP contribution in [0.25, 0.3) is 0 Å². The first-order chi connectivity index (χ1) is 13.3. The predicted molar refractivity (Wildman–Crippen MR) is 105 cm³/mol. The van der Waals surface area contributed by atoms with Crippen molar-refractivity contribution in [1.82, 2.24) is 4.31 Å². The normalized spacial score (nSPS) is 17.3. The van der Waals surface area contributed by atoms with Crippen LogP contribution in [0.2, 0.25) is 0 Å². The summed E-state index contributed by atoms with van der Waals surface area (Å²) in [7, 11) is -2.53. The zero-order valence-corrected chi connectivity index (χ0v) is 16.5. The molecule has 8 heteroatoms. The van der Waals surface area contributed by atoms with Crippen LogP contribution in [0.1, 0.15) is 28.8 Å². The summed E-state index contributed by atoms with van der Waals surface area (Å²) in [6.07, 6.45) is 0.999. The summed E-state index contributed by atoms with van der Waals surface area (Å²) in [5.41, 5.74) is 1.46. The van der Waals surface area contributed by atoms with E-state index in [4.69, 9.17) is 4.74 Å². The fourth-order valence-corrected chi connectivity index (χ4v) is 4.89. The number of rotatable bonds is 5. The highest BCUT2D eigenvalue weighted by atomic mass is 32.2. The topological polar surface area (TPSA) is 92.8 Å². The molecule has 0 radical (unpaired) electrons. The fraction of sp³-hybridized carbons (Fsp3) is 0.300. The molecule has 1 saturated heterocycles. The zero-order chi connectivity index (χ0) is 20.3. The molecule has 1 fully saturated rings. The van der Waals surface area contributed by atoms with Crippen LogP contribution in [0.15, 0.2) is 53.4 Å². The van der Waals surface area contributed by atoms with Gasteiger partial charge in [-0.25, -0.2) is 13.2 Å². The van der Waals surface area contributed by atoms with E-state index in [1.54, 1.807) is 42.5 Å². The van der Waals surface area contributed by atoms with Crippen LogP contribution in [0.5, 0.6) is 0 Å². The molecule has 2 aromatic rings. The molecule has 0 saturated carbocycles. The second-order valence-corrected chi connectivity index (χ2v) is 8.50. The van der Waals surface area contributed by atoms with Crippen molar-refractivity contribution in [3.8, 4) is 0 Å². The van der Waals surface area contributed by atoms with Crippen LogP contribution in [0.4, 0.5) is 5.69 Å². The molecule has 0 spiro atoms. The molecule has 1 amide bonds. The standard InChI is InChI=1S/C20H22N2O5S/c1-14-9-11-15(12-10-14)28(25,26)22-13-5-8-18(22)19(23)21-17-7-4-3-6-16(17)20(24)27-2/h3-4,6-7,9-12,18H,5,8,13H2,1-2H3,(H,21,23)/t18-/m1/s1. The fourth-order valence-electron chi connectivity index (χ4n) is 3.23. The van der Waals surface area contributed by atoms with Crippen molar-refractivity contribution < 1.29 is 22.7 Å². The summed E-state index contributed by atoms with van der Waals surface area (Å²) in [6, 6.07) is 12.2. The van der Waals surface area contributed by atoms with E-state index < -0.39 is 27.9 Å². The van der Waals surface area contributed by atoms with Gasteiger partial charge in [-0.2, -0.15) is 4.31 Å². The lowest BCUT2D eigenvalue weighted by molar-refractivity contribution is -0.119. The average Bonchev–Trinajstić information content (AvgIpc) is 3.19. The largest absolute Gasteiger partial charge is 0.465 e. The lowest BCUT2D eigenvalue weighted by Gasteiger charge is -2.24. The molecular formula is C20H22N2O5S. The first-order valence-corrected chi connectivity index (χ1v) is 10.4. The van der Waals surface area contributed by atoms with Crippen molar-refractivity contribution in [1.29, 1.82) is 0 Å². The van der Waals surface area contributed by atoms with Gasteiger partial charge in [-0.05, 0) is 44.0 Å². The number of anilines is 1. The third kappa shape index (κ3) is 3.93. The Balaban J connectivity index is 1.84. The molecule has 0 aliphatic carbocycles. The summed E-state index contributed by atoms with van der Waals surface area (Å²) >= 11 is 0. The third-order valence-electron chi connectivity index (χ3n) is 4.72. The highest BCUT2D eigenvalue weighted by Crippen LogP contribution is 2.27. The van der Waals surface area contributed by atoms with Gasteiger partial charge in [-0.3, -0.25) is 4.79 Å². The quantitative estimate of drug-likeness (QED) is 0.776. The molecule has 148 valence electrons. The van der Waals surface area contributed by atoms with Gasteiger partial charge in [0.1, 0.15) is 6.04 Å². The Morgan fingerprint density at radius 1 is 1.11 bits per heavy atom. The van der Waals surface area contributed by atoms with E-state index in [0.717, 1.165) is 5.56 Å². The van der Waals surface area contributed by atoms with Crippen molar-refractivity contribution in [3.05, 3.63) is 59.7 Å². The number of carbonyl (C=O) groups excluding carboxylic acids is 2. The minimum absolute atomic E-state index is 0.160. The molecule has 0 aromatic heterocycles. The maximum atomic E-state index is 13.0. The first-order valence-electron chi connectivity index (χ1n) is 8.91. The Labute approximate surface area is 164 Å². The predicted octanol–water partition coefficient (Wildman–Crippen LogP) is 2.57. The molecule has 28 heavy (non-hydrogen) atoms. The average molecular weight is 402 g/mol. The van der Waals surface area contributed by atoms with Crippen molar-refractivity contribution in [2.75, 3.05) is 19.0 Å². The highest BCUT2D eigenvalue weighted by Gasteiger charge is 2.39. The number of hydrogen-bond acceptors (Lipinski definition) is 5. The lowest BCUT2D eigenvalue weighted by Crippen LogP contribution is -2.43. The molecule has 1 aliphatic heterocycles. The van der Waals surface area contributed by atoms with Crippen LogP contribution >= 0.6 is 0 Å². The molecule has 1 heterocycles. The van der Waals surface area contributed by atoms with Crippen LogP contribution in [0.3, 0.4) is 0 Å². The Hall–Kier alpha value is -2.71. The summed E-state index contributed by atoms with van der Waals surface area (Å²) in [5.74, 6) is -1.05. The van der Waals surface area contributed by atoms with E-state index in [1.807, 2.05) is 6.92 Å². The Morgan fingerprint density at radius 3 is 2.46 bits per heavy atom. The number of hydrogen-bond donors (Lipinski definition) is 1. The van der Waals surface area contributed by atoms with E-state index in [1.165, 1.54) is 17.5 Å². The number of nitrogens with zero attached hydrogens (tertiary/aromatic N) is 1. The first kappa shape index (κ1) is 20.0. The number of benzene rings is 2. The van der Waals surface area contributed by atoms with Crippen LogP contribution in [0, 0.1) is 6.92 Å². The van der Waals surface area contributed by atoms with Gasteiger partial charge in [0.25, 0.3) is 0 Å². The van der Waals surface area contributed by atoms with Crippen LogP contribution < -0.4 is 5.32 Å². The number of nitrogens with one attached hydrogen (secondary N) is 1. The van der Waals surface area contributed by atoms with Gasteiger partial charge in [0.05, 0.1) is 23.3 Å². The Kier molecular flexibility index (Phi) is 5.81. The summed E-state index contributed by atoms with van der Waals surface area (Å²) in [6.45, 7) is 2.15. The SMILES string of the molecule is COC(=O)c1ccccc1NC(=O)[C@H]1CCCN1S(=O)(=O)c1ccc(C)cc1. The number of amides is 1. The van der Waals surface area contributed by atoms with E-state index in [2.05, 4.69) is 5.32 Å². The zero-order valence-electron chi connectivity index (χ0n) is 15.7. The van der Waals surface area contributed by atoms with Gasteiger partial charge in [0.2, 0.25) is 15.9 Å². The maximum Gasteiger partial charge on any atom is 0.339 e. The molecule has 1 N–H and O–H groups in total. The van der Waals surface area contributed by atoms with Crippen molar-refractivity contribution in [3.63, 3.8) is 0 Å². The van der Waals surface area contributed by atoms with E-state index in [-0.39, 0.29) is 17.0 Å². The molecule has 1 atom stereocenters. The van der Waals surface area contributed by atoms with E-state index in [0.29, 0.717) is 18.5 Å². The minimum Gasteiger partial charge on any atom is -0.465 e. The van der Waals surface area contributed by atoms with E-state index >= 15 is 0 Å². The van der Waals surface area contributed by atoms with Crippen molar-refractivity contribution in [2.45, 2.75) is 30.7 Å². The number of esters is 1. The molecule has 1 aliphatic rings. The number of sulfonamides is 1. The van der Waals surface area contributed by atoms with Crippen LogP contribution in [-0.2, 0) is 19.6 Å². The van der Waals surface area contributed by atoms with Gasteiger partial charge in [0, 0.05) is 6.54 Å².